The Bertz CT molecular complexity index is 597. The van der Waals surface area contributed by atoms with Gasteiger partial charge in [0, 0.05) is 19.0 Å². The SMILES string of the molecule is CC(=O)NCCC=Cc1ccc(S(N)(=O)=O)cc1F. The Morgan fingerprint density at radius 2 is 2.16 bits per heavy atom. The molecule has 1 amide bonds. The summed E-state index contributed by atoms with van der Waals surface area (Å²) in [4.78, 5) is 10.3. The zero-order valence-corrected chi connectivity index (χ0v) is 11.2. The number of nitrogens with two attached hydrogens (primary N) is 1. The lowest BCUT2D eigenvalue weighted by Gasteiger charge is -2.01. The molecule has 0 spiro atoms. The number of halogens is 1. The van der Waals surface area contributed by atoms with E-state index >= 15 is 0 Å². The maximum atomic E-state index is 13.6. The largest absolute Gasteiger partial charge is 0.356 e. The van der Waals surface area contributed by atoms with E-state index in [1.54, 1.807) is 6.08 Å². The van der Waals surface area contributed by atoms with Gasteiger partial charge in [0.15, 0.2) is 0 Å². The third kappa shape index (κ3) is 5.19. The van der Waals surface area contributed by atoms with Crippen LogP contribution in [0.5, 0.6) is 0 Å². The van der Waals surface area contributed by atoms with Crippen LogP contribution in [0.2, 0.25) is 0 Å². The second-order valence-corrected chi connectivity index (χ2v) is 5.46. The Labute approximate surface area is 111 Å². The number of carbonyl (C=O) groups excluding carboxylic acids is 1. The minimum Gasteiger partial charge on any atom is -0.356 e. The Balaban J connectivity index is 2.70. The number of hydrogen-bond acceptors (Lipinski definition) is 3. The first-order chi connectivity index (χ1) is 8.80. The lowest BCUT2D eigenvalue weighted by Crippen LogP contribution is -2.20. The molecule has 0 aromatic heterocycles. The summed E-state index contributed by atoms with van der Waals surface area (Å²) < 4.78 is 35.6. The average Bonchev–Trinajstić information content (AvgIpc) is 2.28. The van der Waals surface area contributed by atoms with Crippen molar-refractivity contribution in [2.75, 3.05) is 6.54 Å². The standard InChI is InChI=1S/C12H15FN2O3S/c1-9(16)15-7-3-2-4-10-5-6-11(8-12(10)13)19(14,17)18/h2,4-6,8H,3,7H2,1H3,(H,15,16)(H2,14,17,18). The fourth-order valence-corrected chi connectivity index (χ4v) is 1.89. The predicted molar refractivity (Wildman–Crippen MR) is 70.1 cm³/mol. The molecule has 0 unspecified atom stereocenters. The molecule has 1 aromatic rings. The Morgan fingerprint density at radius 1 is 1.47 bits per heavy atom. The fraction of sp³-hybridized carbons (Fsp3) is 0.250. The van der Waals surface area contributed by atoms with Gasteiger partial charge < -0.3 is 5.32 Å². The first-order valence-electron chi connectivity index (χ1n) is 5.54. The Kier molecular flexibility index (Phi) is 5.20. The molecular formula is C12H15FN2O3S. The highest BCUT2D eigenvalue weighted by Crippen LogP contribution is 2.15. The van der Waals surface area contributed by atoms with Crippen molar-refractivity contribution < 1.29 is 17.6 Å². The van der Waals surface area contributed by atoms with Crippen LogP contribution < -0.4 is 10.5 Å². The molecule has 19 heavy (non-hydrogen) atoms. The third-order valence-corrected chi connectivity index (χ3v) is 3.19. The van der Waals surface area contributed by atoms with Gasteiger partial charge in [0.1, 0.15) is 5.82 Å². The molecule has 104 valence electrons. The number of rotatable bonds is 5. The van der Waals surface area contributed by atoms with Gasteiger partial charge in [-0.3, -0.25) is 4.79 Å². The van der Waals surface area contributed by atoms with E-state index in [1.165, 1.54) is 25.1 Å². The lowest BCUT2D eigenvalue weighted by atomic mass is 10.2. The minimum atomic E-state index is -3.89. The van der Waals surface area contributed by atoms with Gasteiger partial charge in [0.25, 0.3) is 0 Å². The zero-order chi connectivity index (χ0) is 14.5. The molecule has 0 radical (unpaired) electrons. The van der Waals surface area contributed by atoms with E-state index in [0.29, 0.717) is 13.0 Å². The van der Waals surface area contributed by atoms with Gasteiger partial charge in [-0.25, -0.2) is 17.9 Å². The first-order valence-corrected chi connectivity index (χ1v) is 7.08. The fourth-order valence-electron chi connectivity index (χ4n) is 1.36. The molecule has 1 aromatic carbocycles. The molecule has 3 N–H and O–H groups in total. The van der Waals surface area contributed by atoms with Crippen LogP contribution in [-0.2, 0) is 14.8 Å². The second kappa shape index (κ2) is 6.44. The molecule has 0 bridgehead atoms. The summed E-state index contributed by atoms with van der Waals surface area (Å²) in [6.45, 7) is 1.87. The highest BCUT2D eigenvalue weighted by atomic mass is 32.2. The van der Waals surface area contributed by atoms with E-state index in [4.69, 9.17) is 5.14 Å². The summed E-state index contributed by atoms with van der Waals surface area (Å²) in [6.07, 6.45) is 3.75. The van der Waals surface area contributed by atoms with Crippen molar-refractivity contribution in [1.29, 1.82) is 0 Å². The Hall–Kier alpha value is -1.73. The minimum absolute atomic E-state index is 0.128. The molecule has 5 nitrogen and oxygen atoms in total. The highest BCUT2D eigenvalue weighted by Gasteiger charge is 2.10. The summed E-state index contributed by atoms with van der Waals surface area (Å²) in [6, 6.07) is 3.46. The van der Waals surface area contributed by atoms with Crippen molar-refractivity contribution in [2.45, 2.75) is 18.2 Å². The predicted octanol–water partition coefficient (Wildman–Crippen LogP) is 1.01. The molecule has 0 aliphatic heterocycles. The van der Waals surface area contributed by atoms with Gasteiger partial charge in [-0.1, -0.05) is 18.2 Å². The van der Waals surface area contributed by atoms with Crippen molar-refractivity contribution in [3.63, 3.8) is 0 Å². The first kappa shape index (κ1) is 15.3. The second-order valence-electron chi connectivity index (χ2n) is 3.90. The summed E-state index contributed by atoms with van der Waals surface area (Å²) in [5, 5.41) is 7.49. The maximum Gasteiger partial charge on any atom is 0.238 e. The van der Waals surface area contributed by atoms with E-state index in [1.807, 2.05) is 0 Å². The van der Waals surface area contributed by atoms with Crippen molar-refractivity contribution in [2.24, 2.45) is 5.14 Å². The van der Waals surface area contributed by atoms with E-state index in [0.717, 1.165) is 6.07 Å². The lowest BCUT2D eigenvalue weighted by molar-refractivity contribution is -0.118. The molecule has 0 saturated heterocycles. The van der Waals surface area contributed by atoms with Gasteiger partial charge in [-0.05, 0) is 18.6 Å². The number of primary sulfonamides is 1. The molecule has 0 heterocycles. The summed E-state index contributed by atoms with van der Waals surface area (Å²) in [5.41, 5.74) is 0.259. The van der Waals surface area contributed by atoms with Crippen molar-refractivity contribution >= 4 is 22.0 Å². The van der Waals surface area contributed by atoms with Crippen LogP contribution in [0.4, 0.5) is 4.39 Å². The summed E-state index contributed by atoms with van der Waals surface area (Å²) in [7, 11) is -3.89. The van der Waals surface area contributed by atoms with Gasteiger partial charge in [0.2, 0.25) is 15.9 Å². The number of benzene rings is 1. The van der Waals surface area contributed by atoms with Gasteiger partial charge in [0.05, 0.1) is 4.90 Å². The molecule has 0 aliphatic carbocycles. The third-order valence-electron chi connectivity index (χ3n) is 2.28. The normalized spacial score (nSPS) is 11.7. The quantitative estimate of drug-likeness (QED) is 0.792. The molecule has 0 fully saturated rings. The molecular weight excluding hydrogens is 271 g/mol. The summed E-state index contributed by atoms with van der Waals surface area (Å²) >= 11 is 0. The number of sulfonamides is 1. The van der Waals surface area contributed by atoms with Crippen LogP contribution in [0.1, 0.15) is 18.9 Å². The van der Waals surface area contributed by atoms with Crippen LogP contribution in [-0.4, -0.2) is 20.9 Å². The van der Waals surface area contributed by atoms with Crippen LogP contribution in [0, 0.1) is 5.82 Å². The molecule has 0 saturated carbocycles. The Morgan fingerprint density at radius 3 is 2.68 bits per heavy atom. The highest BCUT2D eigenvalue weighted by molar-refractivity contribution is 7.89. The maximum absolute atomic E-state index is 13.6. The van der Waals surface area contributed by atoms with Crippen LogP contribution in [0.15, 0.2) is 29.2 Å². The van der Waals surface area contributed by atoms with Crippen molar-refractivity contribution in [3.05, 3.63) is 35.7 Å². The van der Waals surface area contributed by atoms with Crippen LogP contribution in [0.3, 0.4) is 0 Å². The molecule has 7 heteroatoms. The van der Waals surface area contributed by atoms with E-state index in [9.17, 15) is 17.6 Å². The van der Waals surface area contributed by atoms with Crippen molar-refractivity contribution in [3.8, 4) is 0 Å². The van der Waals surface area contributed by atoms with Crippen LogP contribution in [0.25, 0.3) is 6.08 Å². The molecule has 1 rings (SSSR count). The zero-order valence-electron chi connectivity index (χ0n) is 10.4. The number of hydrogen-bond donors (Lipinski definition) is 2. The average molecular weight is 286 g/mol. The van der Waals surface area contributed by atoms with Crippen molar-refractivity contribution in [1.82, 2.24) is 5.32 Å². The topological polar surface area (TPSA) is 89.3 Å². The smallest absolute Gasteiger partial charge is 0.238 e. The van der Waals surface area contributed by atoms with E-state index in [-0.39, 0.29) is 16.4 Å². The number of carbonyl (C=O) groups is 1. The van der Waals surface area contributed by atoms with E-state index in [2.05, 4.69) is 5.32 Å². The van der Waals surface area contributed by atoms with Crippen LogP contribution >= 0.6 is 0 Å². The molecule has 0 atom stereocenters. The number of nitrogens with one attached hydrogen (secondary N) is 1. The van der Waals surface area contributed by atoms with Gasteiger partial charge in [-0.15, -0.1) is 0 Å². The monoisotopic (exact) mass is 286 g/mol. The number of amides is 1. The summed E-state index contributed by atoms with van der Waals surface area (Å²) in [5.74, 6) is -0.792. The molecule has 0 aliphatic rings. The van der Waals surface area contributed by atoms with Gasteiger partial charge in [-0.2, -0.15) is 0 Å². The van der Waals surface area contributed by atoms with Gasteiger partial charge >= 0.3 is 0 Å². The van der Waals surface area contributed by atoms with E-state index < -0.39 is 15.8 Å².